The summed E-state index contributed by atoms with van der Waals surface area (Å²) in [5.74, 6) is 0.147. The Morgan fingerprint density at radius 1 is 0.808 bits per heavy atom. The summed E-state index contributed by atoms with van der Waals surface area (Å²) in [6.45, 7) is 2.28. The number of allylic oxidation sites excluding steroid dienone is 6. The second kappa shape index (κ2) is 12.5. The SMILES string of the molecule is CC12C=C(C#N)C=CC1N(C1=CCC(c3ccccc3-c3ccc(C#N)cc3-n3c4ccccc4c4ccccc43)C=CC1)C1=C2CCC(C#N)C1. The minimum absolute atomic E-state index is 0.00565. The summed E-state index contributed by atoms with van der Waals surface area (Å²) in [6, 6.07) is 39.2. The maximum absolute atomic E-state index is 10.0. The van der Waals surface area contributed by atoms with E-state index >= 15 is 0 Å². The van der Waals surface area contributed by atoms with Crippen molar-refractivity contribution in [1.29, 1.82) is 15.8 Å². The highest BCUT2D eigenvalue weighted by atomic mass is 15.2. The summed E-state index contributed by atoms with van der Waals surface area (Å²) in [7, 11) is 0. The molecular formula is C47H37N5. The van der Waals surface area contributed by atoms with E-state index in [-0.39, 0.29) is 23.3 Å². The van der Waals surface area contributed by atoms with Crippen LogP contribution in [-0.4, -0.2) is 15.5 Å². The number of nitrogens with zero attached hydrogens (tertiary/aromatic N) is 5. The van der Waals surface area contributed by atoms with Gasteiger partial charge in [-0.1, -0.05) is 97.1 Å². The van der Waals surface area contributed by atoms with Crippen LogP contribution in [0.4, 0.5) is 0 Å². The van der Waals surface area contributed by atoms with E-state index in [1.807, 2.05) is 18.2 Å². The maximum Gasteiger partial charge on any atom is 0.0992 e. The summed E-state index contributed by atoms with van der Waals surface area (Å²) < 4.78 is 2.32. The van der Waals surface area contributed by atoms with E-state index < -0.39 is 0 Å². The lowest BCUT2D eigenvalue weighted by Gasteiger charge is -2.38. The van der Waals surface area contributed by atoms with Crippen LogP contribution in [-0.2, 0) is 0 Å². The molecule has 9 rings (SSSR count). The van der Waals surface area contributed by atoms with Crippen molar-refractivity contribution in [2.24, 2.45) is 11.3 Å². The number of benzene rings is 4. The fourth-order valence-electron chi connectivity index (χ4n) is 9.38. The molecule has 0 fully saturated rings. The Hall–Kier alpha value is -6.35. The van der Waals surface area contributed by atoms with Crippen LogP contribution in [0.5, 0.6) is 0 Å². The molecule has 5 heteroatoms. The molecule has 0 radical (unpaired) electrons. The van der Waals surface area contributed by atoms with E-state index in [0.29, 0.717) is 11.1 Å². The molecule has 0 bridgehead atoms. The number of aromatic nitrogens is 1. The molecule has 3 aliphatic carbocycles. The number of fused-ring (bicyclic) bond motifs is 5. The molecule has 2 heterocycles. The van der Waals surface area contributed by atoms with E-state index in [4.69, 9.17) is 0 Å². The van der Waals surface area contributed by atoms with Crippen molar-refractivity contribution < 1.29 is 0 Å². The Balaban J connectivity index is 1.13. The Kier molecular flexibility index (Phi) is 7.57. The van der Waals surface area contributed by atoms with Crippen molar-refractivity contribution in [2.45, 2.75) is 51.0 Å². The van der Waals surface area contributed by atoms with Crippen molar-refractivity contribution in [3.63, 3.8) is 0 Å². The van der Waals surface area contributed by atoms with Crippen LogP contribution in [0, 0.1) is 45.3 Å². The van der Waals surface area contributed by atoms with E-state index in [1.54, 1.807) is 0 Å². The van der Waals surface area contributed by atoms with Crippen molar-refractivity contribution >= 4 is 21.8 Å². The summed E-state index contributed by atoms with van der Waals surface area (Å²) in [4.78, 5) is 2.51. The van der Waals surface area contributed by atoms with Crippen molar-refractivity contribution in [1.82, 2.24) is 9.47 Å². The van der Waals surface area contributed by atoms with Gasteiger partial charge in [-0.25, -0.2) is 0 Å². The van der Waals surface area contributed by atoms with Gasteiger partial charge >= 0.3 is 0 Å². The molecule has 1 aromatic heterocycles. The zero-order chi connectivity index (χ0) is 35.4. The first kappa shape index (κ1) is 31.6. The van der Waals surface area contributed by atoms with Gasteiger partial charge in [0.1, 0.15) is 0 Å². The molecule has 0 amide bonds. The van der Waals surface area contributed by atoms with Crippen molar-refractivity contribution in [3.05, 3.63) is 161 Å². The Bertz CT molecular complexity index is 2530. The van der Waals surface area contributed by atoms with Crippen LogP contribution in [0.3, 0.4) is 0 Å². The predicted molar refractivity (Wildman–Crippen MR) is 207 cm³/mol. The molecule has 5 aromatic rings. The van der Waals surface area contributed by atoms with E-state index in [9.17, 15) is 15.8 Å². The molecule has 4 atom stereocenters. The zero-order valence-electron chi connectivity index (χ0n) is 29.1. The minimum atomic E-state index is -0.267. The molecule has 4 aromatic carbocycles. The average Bonchev–Trinajstić information content (AvgIpc) is 3.52. The number of hydrogen-bond donors (Lipinski definition) is 0. The topological polar surface area (TPSA) is 79.5 Å². The van der Waals surface area contributed by atoms with Crippen LogP contribution < -0.4 is 0 Å². The third-order valence-electron chi connectivity index (χ3n) is 11.8. The first-order chi connectivity index (χ1) is 25.5. The second-order valence-electron chi connectivity index (χ2n) is 14.6. The monoisotopic (exact) mass is 671 g/mol. The standard InChI is InChI=1S/C47H37N5/c1-47-27-33(30-50)19-24-46(47)51(45-26-32(29-49)18-23-41(45)47)35-10-8-9-34(20-21-35)36-11-2-3-12-37(36)40-22-17-31(28-48)25-44(40)52-42-15-6-4-13-38(42)39-14-5-7-16-43(39)52/h2-9,11-17,19,21-22,24-25,27,32,34,46H,10,18,20,23,26H2,1H3. The number of rotatable bonds is 4. The molecule has 0 N–H and O–H groups in total. The van der Waals surface area contributed by atoms with Crippen LogP contribution in [0.15, 0.2) is 150 Å². The van der Waals surface area contributed by atoms with Crippen molar-refractivity contribution in [3.8, 4) is 35.0 Å². The number of hydrogen-bond acceptors (Lipinski definition) is 4. The maximum atomic E-state index is 10.0. The molecule has 5 nitrogen and oxygen atoms in total. The molecule has 250 valence electrons. The van der Waals surface area contributed by atoms with Gasteiger partial charge in [0.25, 0.3) is 0 Å². The fourth-order valence-corrected chi connectivity index (χ4v) is 9.38. The van der Waals surface area contributed by atoms with Crippen LogP contribution in [0.1, 0.15) is 56.1 Å². The molecule has 4 aliphatic rings. The van der Waals surface area contributed by atoms with Gasteiger partial charge < -0.3 is 9.47 Å². The van der Waals surface area contributed by atoms with Crippen molar-refractivity contribution in [2.75, 3.05) is 0 Å². The van der Waals surface area contributed by atoms with E-state index in [0.717, 1.165) is 60.0 Å². The zero-order valence-corrected chi connectivity index (χ0v) is 29.1. The lowest BCUT2D eigenvalue weighted by Crippen LogP contribution is -2.38. The van der Waals surface area contributed by atoms with Gasteiger partial charge in [-0.3, -0.25) is 0 Å². The molecule has 4 unspecified atom stereocenters. The molecule has 0 spiro atoms. The molecule has 0 saturated heterocycles. The van der Waals surface area contributed by atoms with Gasteiger partial charge in [-0.05, 0) is 73.2 Å². The second-order valence-corrected chi connectivity index (χ2v) is 14.6. The quantitative estimate of drug-likeness (QED) is 0.178. The largest absolute Gasteiger partial charge is 0.341 e. The lowest BCUT2D eigenvalue weighted by atomic mass is 9.70. The van der Waals surface area contributed by atoms with E-state index in [2.05, 4.69) is 144 Å². The Morgan fingerprint density at radius 2 is 1.56 bits per heavy atom. The van der Waals surface area contributed by atoms with Crippen LogP contribution in [0.25, 0.3) is 38.6 Å². The third kappa shape index (κ3) is 4.87. The average molecular weight is 672 g/mol. The predicted octanol–water partition coefficient (Wildman–Crippen LogP) is 10.9. The summed E-state index contributed by atoms with van der Waals surface area (Å²) in [6.07, 6.45) is 17.6. The highest BCUT2D eigenvalue weighted by Crippen LogP contribution is 2.55. The number of nitriles is 3. The number of para-hydroxylation sites is 2. The fraction of sp³-hybridized carbons (Fsp3) is 0.213. The minimum Gasteiger partial charge on any atom is -0.341 e. The molecular weight excluding hydrogens is 635 g/mol. The Labute approximate surface area is 304 Å². The summed E-state index contributed by atoms with van der Waals surface area (Å²) >= 11 is 0. The highest BCUT2D eigenvalue weighted by Gasteiger charge is 2.50. The summed E-state index contributed by atoms with van der Waals surface area (Å²) in [5.41, 5.74) is 11.7. The Morgan fingerprint density at radius 3 is 2.31 bits per heavy atom. The molecule has 0 saturated carbocycles. The third-order valence-corrected chi connectivity index (χ3v) is 11.8. The summed E-state index contributed by atoms with van der Waals surface area (Å²) in [5, 5.41) is 32.2. The van der Waals surface area contributed by atoms with Gasteiger partial charge in [-0.2, -0.15) is 15.8 Å². The van der Waals surface area contributed by atoms with E-state index in [1.165, 1.54) is 33.3 Å². The normalized spacial score (nSPS) is 23.7. The smallest absolute Gasteiger partial charge is 0.0992 e. The highest BCUT2D eigenvalue weighted by molar-refractivity contribution is 6.09. The van der Waals surface area contributed by atoms with Crippen LogP contribution in [0.2, 0.25) is 0 Å². The van der Waals surface area contributed by atoms with Gasteiger partial charge in [0, 0.05) is 57.5 Å². The van der Waals surface area contributed by atoms with Gasteiger partial charge in [0.05, 0.1) is 52.5 Å². The van der Waals surface area contributed by atoms with Crippen LogP contribution >= 0.6 is 0 Å². The van der Waals surface area contributed by atoms with Gasteiger partial charge in [0.15, 0.2) is 0 Å². The first-order valence-corrected chi connectivity index (χ1v) is 18.2. The molecule has 52 heavy (non-hydrogen) atoms. The van der Waals surface area contributed by atoms with Gasteiger partial charge in [0.2, 0.25) is 0 Å². The lowest BCUT2D eigenvalue weighted by molar-refractivity contribution is 0.287. The first-order valence-electron chi connectivity index (χ1n) is 18.2. The van der Waals surface area contributed by atoms with Gasteiger partial charge in [-0.15, -0.1) is 0 Å². The molecule has 1 aliphatic heterocycles.